The van der Waals surface area contributed by atoms with Crippen LogP contribution in [0.25, 0.3) is 0 Å². The van der Waals surface area contributed by atoms with Gasteiger partial charge in [0, 0.05) is 13.1 Å². The van der Waals surface area contributed by atoms with E-state index in [1.54, 1.807) is 0 Å². The standard InChI is InChI=1S/C12H18N2OS/c1-8(2)10-4-5-14(6-10)12-13-9(3)11(7-15)16-12/h7-8,10H,4-6H2,1-3H3. The summed E-state index contributed by atoms with van der Waals surface area (Å²) in [4.78, 5) is 18.3. The van der Waals surface area contributed by atoms with Crippen LogP contribution in [0.4, 0.5) is 5.13 Å². The first-order chi connectivity index (χ1) is 7.61. The number of carbonyl (C=O) groups excluding carboxylic acids is 1. The monoisotopic (exact) mass is 238 g/mol. The van der Waals surface area contributed by atoms with Gasteiger partial charge in [0.15, 0.2) is 11.4 Å². The lowest BCUT2D eigenvalue weighted by atomic mass is 9.95. The van der Waals surface area contributed by atoms with Crippen molar-refractivity contribution in [2.45, 2.75) is 27.2 Å². The molecule has 1 aliphatic rings. The Morgan fingerprint density at radius 1 is 1.56 bits per heavy atom. The maximum Gasteiger partial charge on any atom is 0.186 e. The van der Waals surface area contributed by atoms with Crippen LogP contribution in [0.15, 0.2) is 0 Å². The number of thiazole rings is 1. The molecule has 0 aliphatic carbocycles. The van der Waals surface area contributed by atoms with Crippen LogP contribution in [-0.4, -0.2) is 24.4 Å². The minimum absolute atomic E-state index is 0.733. The van der Waals surface area contributed by atoms with Crippen LogP contribution < -0.4 is 4.90 Å². The van der Waals surface area contributed by atoms with Crippen molar-refractivity contribution in [3.05, 3.63) is 10.6 Å². The summed E-state index contributed by atoms with van der Waals surface area (Å²) < 4.78 is 0. The SMILES string of the molecule is Cc1nc(N2CCC(C(C)C)C2)sc1C=O. The zero-order valence-corrected chi connectivity index (χ0v) is 10.9. The highest BCUT2D eigenvalue weighted by atomic mass is 32.1. The minimum atomic E-state index is 0.733. The van der Waals surface area contributed by atoms with Crippen LogP contribution in [0.3, 0.4) is 0 Å². The molecule has 1 saturated heterocycles. The van der Waals surface area contributed by atoms with Gasteiger partial charge in [0.05, 0.1) is 10.6 Å². The van der Waals surface area contributed by atoms with E-state index < -0.39 is 0 Å². The number of hydrogen-bond acceptors (Lipinski definition) is 4. The van der Waals surface area contributed by atoms with Gasteiger partial charge in [0.1, 0.15) is 0 Å². The second kappa shape index (κ2) is 4.53. The Morgan fingerprint density at radius 3 is 2.81 bits per heavy atom. The molecule has 1 aliphatic heterocycles. The highest BCUT2D eigenvalue weighted by Crippen LogP contribution is 2.31. The van der Waals surface area contributed by atoms with Crippen molar-refractivity contribution < 1.29 is 4.79 Å². The predicted molar refractivity (Wildman–Crippen MR) is 67.4 cm³/mol. The number of aromatic nitrogens is 1. The number of hydrogen-bond donors (Lipinski definition) is 0. The second-order valence-electron chi connectivity index (χ2n) is 4.80. The third-order valence-electron chi connectivity index (χ3n) is 3.37. The Labute approximate surface area is 100 Å². The Balaban J connectivity index is 2.11. The summed E-state index contributed by atoms with van der Waals surface area (Å²) in [5, 5.41) is 1.02. The maximum absolute atomic E-state index is 10.8. The van der Waals surface area contributed by atoms with Crippen LogP contribution in [0.5, 0.6) is 0 Å². The summed E-state index contributed by atoms with van der Waals surface area (Å²) in [7, 11) is 0. The smallest absolute Gasteiger partial charge is 0.186 e. The van der Waals surface area contributed by atoms with E-state index >= 15 is 0 Å². The summed E-state index contributed by atoms with van der Waals surface area (Å²) >= 11 is 1.52. The molecule has 1 unspecified atom stereocenters. The molecule has 1 fully saturated rings. The molecule has 0 radical (unpaired) electrons. The third-order valence-corrected chi connectivity index (χ3v) is 4.51. The number of carbonyl (C=O) groups is 1. The zero-order chi connectivity index (χ0) is 11.7. The van der Waals surface area contributed by atoms with Gasteiger partial charge in [-0.3, -0.25) is 4.79 Å². The van der Waals surface area contributed by atoms with Crippen molar-refractivity contribution in [1.29, 1.82) is 0 Å². The first kappa shape index (κ1) is 11.6. The molecule has 0 spiro atoms. The Morgan fingerprint density at radius 2 is 2.31 bits per heavy atom. The fourth-order valence-electron chi connectivity index (χ4n) is 2.14. The molecule has 2 rings (SSSR count). The average molecular weight is 238 g/mol. The van der Waals surface area contributed by atoms with Crippen LogP contribution in [0.2, 0.25) is 0 Å². The molecule has 2 heterocycles. The van der Waals surface area contributed by atoms with Gasteiger partial charge < -0.3 is 4.90 Å². The largest absolute Gasteiger partial charge is 0.348 e. The molecule has 1 aromatic rings. The topological polar surface area (TPSA) is 33.2 Å². The lowest BCUT2D eigenvalue weighted by molar-refractivity contribution is 0.112. The fraction of sp³-hybridized carbons (Fsp3) is 0.667. The molecule has 1 aromatic heterocycles. The predicted octanol–water partition coefficient (Wildman–Crippen LogP) is 2.75. The van der Waals surface area contributed by atoms with Crippen molar-refractivity contribution in [2.75, 3.05) is 18.0 Å². The highest BCUT2D eigenvalue weighted by molar-refractivity contribution is 7.17. The zero-order valence-electron chi connectivity index (χ0n) is 10.1. The van der Waals surface area contributed by atoms with E-state index in [0.717, 1.165) is 46.9 Å². The summed E-state index contributed by atoms with van der Waals surface area (Å²) in [5.41, 5.74) is 0.864. The van der Waals surface area contributed by atoms with Gasteiger partial charge in [-0.2, -0.15) is 0 Å². The van der Waals surface area contributed by atoms with Crippen LogP contribution >= 0.6 is 11.3 Å². The molecule has 88 valence electrons. The van der Waals surface area contributed by atoms with Gasteiger partial charge in [-0.15, -0.1) is 0 Å². The quantitative estimate of drug-likeness (QED) is 0.759. The summed E-state index contributed by atoms with van der Waals surface area (Å²) in [6, 6.07) is 0. The number of anilines is 1. The van der Waals surface area contributed by atoms with E-state index in [1.807, 2.05) is 6.92 Å². The lowest BCUT2D eigenvalue weighted by Crippen LogP contribution is -2.20. The molecule has 0 amide bonds. The fourth-order valence-corrected chi connectivity index (χ4v) is 3.06. The van der Waals surface area contributed by atoms with E-state index in [4.69, 9.17) is 0 Å². The van der Waals surface area contributed by atoms with E-state index in [-0.39, 0.29) is 0 Å². The number of aryl methyl sites for hydroxylation is 1. The van der Waals surface area contributed by atoms with Crippen molar-refractivity contribution in [3.63, 3.8) is 0 Å². The Hall–Kier alpha value is -0.900. The molecule has 0 aromatic carbocycles. The van der Waals surface area contributed by atoms with Crippen LogP contribution in [0.1, 0.15) is 35.6 Å². The number of aldehydes is 1. The van der Waals surface area contributed by atoms with Crippen molar-refractivity contribution in [2.24, 2.45) is 11.8 Å². The first-order valence-electron chi connectivity index (χ1n) is 5.79. The van der Waals surface area contributed by atoms with Crippen molar-refractivity contribution in [3.8, 4) is 0 Å². The number of rotatable bonds is 3. The molecule has 3 nitrogen and oxygen atoms in total. The summed E-state index contributed by atoms with van der Waals surface area (Å²) in [6.07, 6.45) is 2.15. The first-order valence-corrected chi connectivity index (χ1v) is 6.61. The van der Waals surface area contributed by atoms with E-state index in [0.29, 0.717) is 0 Å². The average Bonchev–Trinajstić information content (AvgIpc) is 2.83. The highest BCUT2D eigenvalue weighted by Gasteiger charge is 2.27. The molecule has 0 saturated carbocycles. The van der Waals surface area contributed by atoms with Crippen LogP contribution in [0, 0.1) is 18.8 Å². The molecule has 1 atom stereocenters. The van der Waals surface area contributed by atoms with E-state index in [1.165, 1.54) is 17.8 Å². The van der Waals surface area contributed by atoms with Crippen molar-refractivity contribution >= 4 is 22.8 Å². The van der Waals surface area contributed by atoms with Gasteiger partial charge >= 0.3 is 0 Å². The Bertz CT molecular complexity index is 386. The van der Waals surface area contributed by atoms with Gasteiger partial charge in [-0.05, 0) is 25.2 Å². The van der Waals surface area contributed by atoms with Crippen LogP contribution in [-0.2, 0) is 0 Å². The van der Waals surface area contributed by atoms with Crippen molar-refractivity contribution in [1.82, 2.24) is 4.98 Å². The van der Waals surface area contributed by atoms with Gasteiger partial charge in [-0.25, -0.2) is 4.98 Å². The minimum Gasteiger partial charge on any atom is -0.348 e. The summed E-state index contributed by atoms with van der Waals surface area (Å²) in [5.74, 6) is 1.50. The second-order valence-corrected chi connectivity index (χ2v) is 5.81. The third kappa shape index (κ3) is 2.12. The summed E-state index contributed by atoms with van der Waals surface area (Å²) in [6.45, 7) is 8.62. The van der Waals surface area contributed by atoms with E-state index in [2.05, 4.69) is 23.7 Å². The van der Waals surface area contributed by atoms with E-state index in [9.17, 15) is 4.79 Å². The molecular weight excluding hydrogens is 220 g/mol. The molecule has 16 heavy (non-hydrogen) atoms. The number of nitrogens with zero attached hydrogens (tertiary/aromatic N) is 2. The molecular formula is C12H18N2OS. The Kier molecular flexibility index (Phi) is 3.28. The van der Waals surface area contributed by atoms with Gasteiger partial charge in [0.25, 0.3) is 0 Å². The molecule has 0 N–H and O–H groups in total. The molecule has 4 heteroatoms. The maximum atomic E-state index is 10.8. The van der Waals surface area contributed by atoms with Gasteiger partial charge in [-0.1, -0.05) is 25.2 Å². The normalized spacial score (nSPS) is 20.8. The molecule has 0 bridgehead atoms. The van der Waals surface area contributed by atoms with Gasteiger partial charge in [0.2, 0.25) is 0 Å². The lowest BCUT2D eigenvalue weighted by Gasteiger charge is -2.16.